The van der Waals surface area contributed by atoms with E-state index in [9.17, 15) is 9.90 Å². The normalized spacial score (nSPS) is 20.4. The van der Waals surface area contributed by atoms with Gasteiger partial charge in [0.25, 0.3) is 0 Å². The first-order chi connectivity index (χ1) is 6.22. The van der Waals surface area contributed by atoms with Crippen LogP contribution in [-0.2, 0) is 0 Å². The molecule has 1 aromatic heterocycles. The maximum atomic E-state index is 11.7. The summed E-state index contributed by atoms with van der Waals surface area (Å²) in [4.78, 5) is 11.7. The van der Waals surface area contributed by atoms with Crippen molar-refractivity contribution in [2.45, 2.75) is 31.3 Å². The molecule has 70 valence electrons. The van der Waals surface area contributed by atoms with Crippen LogP contribution in [0.5, 0.6) is 0 Å². The summed E-state index contributed by atoms with van der Waals surface area (Å²) in [6.45, 7) is 0. The molecule has 0 aromatic carbocycles. The maximum absolute atomic E-state index is 11.7. The molecule has 13 heavy (non-hydrogen) atoms. The molecule has 2 rings (SSSR count). The van der Waals surface area contributed by atoms with Gasteiger partial charge in [-0.3, -0.25) is 4.79 Å². The molecule has 1 heterocycles. The molecule has 0 atom stereocenters. The van der Waals surface area contributed by atoms with Gasteiger partial charge in [-0.1, -0.05) is 0 Å². The zero-order chi connectivity index (χ0) is 9.31. The third kappa shape index (κ3) is 1.40. The standard InChI is InChI=1S/C10H12O3/c11-9(8-3-6-13-7-8)10(12)4-1-2-5-10/h3,6-7,12H,1-2,4-5H2. The largest absolute Gasteiger partial charge is 0.472 e. The molecule has 0 bridgehead atoms. The molecule has 1 fully saturated rings. The molecule has 0 amide bonds. The molecule has 1 saturated carbocycles. The molecule has 1 N–H and O–H groups in total. The summed E-state index contributed by atoms with van der Waals surface area (Å²) in [6, 6.07) is 1.60. The molecule has 1 aliphatic rings. The van der Waals surface area contributed by atoms with E-state index in [0.717, 1.165) is 12.8 Å². The first kappa shape index (κ1) is 8.51. The van der Waals surface area contributed by atoms with Gasteiger partial charge < -0.3 is 9.52 Å². The van der Waals surface area contributed by atoms with Gasteiger partial charge in [0.15, 0.2) is 5.78 Å². The fourth-order valence-electron chi connectivity index (χ4n) is 1.85. The van der Waals surface area contributed by atoms with Gasteiger partial charge in [0.1, 0.15) is 11.9 Å². The van der Waals surface area contributed by atoms with Gasteiger partial charge in [0, 0.05) is 0 Å². The van der Waals surface area contributed by atoms with Crippen LogP contribution in [0.4, 0.5) is 0 Å². The summed E-state index contributed by atoms with van der Waals surface area (Å²) in [5.74, 6) is -0.196. The number of hydrogen-bond donors (Lipinski definition) is 1. The number of carbonyl (C=O) groups excluding carboxylic acids is 1. The average Bonchev–Trinajstić information content (AvgIpc) is 2.73. The Morgan fingerprint density at radius 2 is 2.15 bits per heavy atom. The van der Waals surface area contributed by atoms with E-state index in [-0.39, 0.29) is 5.78 Å². The van der Waals surface area contributed by atoms with E-state index < -0.39 is 5.60 Å². The fraction of sp³-hybridized carbons (Fsp3) is 0.500. The number of furan rings is 1. The average molecular weight is 180 g/mol. The molecule has 3 nitrogen and oxygen atoms in total. The Kier molecular flexibility index (Phi) is 1.96. The van der Waals surface area contributed by atoms with Crippen LogP contribution in [0.1, 0.15) is 36.0 Å². The van der Waals surface area contributed by atoms with E-state index >= 15 is 0 Å². The Balaban J connectivity index is 2.21. The molecule has 1 aliphatic carbocycles. The highest BCUT2D eigenvalue weighted by molar-refractivity contribution is 6.02. The lowest BCUT2D eigenvalue weighted by Gasteiger charge is -2.18. The van der Waals surface area contributed by atoms with Gasteiger partial charge in [-0.15, -0.1) is 0 Å². The lowest BCUT2D eigenvalue weighted by Crippen LogP contribution is -2.34. The Bertz CT molecular complexity index is 294. The van der Waals surface area contributed by atoms with Crippen molar-refractivity contribution >= 4 is 5.78 Å². The number of carbonyl (C=O) groups is 1. The quantitative estimate of drug-likeness (QED) is 0.705. The Labute approximate surface area is 76.4 Å². The zero-order valence-electron chi connectivity index (χ0n) is 7.32. The number of rotatable bonds is 2. The van der Waals surface area contributed by atoms with Crippen LogP contribution in [0.2, 0.25) is 0 Å². The third-order valence-electron chi connectivity index (χ3n) is 2.64. The van der Waals surface area contributed by atoms with Crippen molar-refractivity contribution < 1.29 is 14.3 Å². The minimum Gasteiger partial charge on any atom is -0.472 e. The minimum absolute atomic E-state index is 0.196. The lowest BCUT2D eigenvalue weighted by molar-refractivity contribution is 0.0352. The third-order valence-corrected chi connectivity index (χ3v) is 2.64. The number of hydrogen-bond acceptors (Lipinski definition) is 3. The molecule has 3 heteroatoms. The van der Waals surface area contributed by atoms with E-state index in [4.69, 9.17) is 4.42 Å². The summed E-state index contributed by atoms with van der Waals surface area (Å²) in [5.41, 5.74) is -0.645. The topological polar surface area (TPSA) is 50.4 Å². The smallest absolute Gasteiger partial charge is 0.197 e. The van der Waals surface area contributed by atoms with Crippen molar-refractivity contribution in [2.24, 2.45) is 0 Å². The Hall–Kier alpha value is -1.09. The predicted octanol–water partition coefficient (Wildman–Crippen LogP) is 1.77. The van der Waals surface area contributed by atoms with Crippen molar-refractivity contribution in [3.05, 3.63) is 24.2 Å². The SMILES string of the molecule is O=C(c1ccoc1)C1(O)CCCC1. The summed E-state index contributed by atoms with van der Waals surface area (Å²) >= 11 is 0. The number of aliphatic hydroxyl groups is 1. The van der Waals surface area contributed by atoms with Crippen LogP contribution in [0.25, 0.3) is 0 Å². The van der Waals surface area contributed by atoms with E-state index in [1.165, 1.54) is 12.5 Å². The molecule has 0 unspecified atom stereocenters. The summed E-state index contributed by atoms with van der Waals surface area (Å²) in [7, 11) is 0. The Morgan fingerprint density at radius 3 is 2.69 bits per heavy atom. The number of ketones is 1. The summed E-state index contributed by atoms with van der Waals surface area (Å²) in [5, 5.41) is 9.94. The van der Waals surface area contributed by atoms with E-state index in [1.54, 1.807) is 6.07 Å². The molecule has 0 aliphatic heterocycles. The first-order valence-corrected chi connectivity index (χ1v) is 4.52. The van der Waals surface area contributed by atoms with E-state index in [0.29, 0.717) is 18.4 Å². The maximum Gasteiger partial charge on any atom is 0.197 e. The van der Waals surface area contributed by atoms with Gasteiger partial charge in [0.2, 0.25) is 0 Å². The van der Waals surface area contributed by atoms with Gasteiger partial charge in [0.05, 0.1) is 11.8 Å². The van der Waals surface area contributed by atoms with Crippen molar-refractivity contribution in [1.29, 1.82) is 0 Å². The molecule has 0 saturated heterocycles. The summed E-state index contributed by atoms with van der Waals surface area (Å²) in [6.07, 6.45) is 5.86. The molecule has 0 radical (unpaired) electrons. The Morgan fingerprint density at radius 1 is 1.46 bits per heavy atom. The van der Waals surface area contributed by atoms with Crippen LogP contribution in [0, 0.1) is 0 Å². The van der Waals surface area contributed by atoms with Crippen molar-refractivity contribution in [1.82, 2.24) is 0 Å². The molecule has 1 aromatic rings. The highest BCUT2D eigenvalue weighted by Gasteiger charge is 2.39. The highest BCUT2D eigenvalue weighted by atomic mass is 16.3. The van der Waals surface area contributed by atoms with Gasteiger partial charge in [-0.05, 0) is 31.7 Å². The molecular weight excluding hydrogens is 168 g/mol. The van der Waals surface area contributed by atoms with Crippen molar-refractivity contribution in [2.75, 3.05) is 0 Å². The van der Waals surface area contributed by atoms with Crippen LogP contribution < -0.4 is 0 Å². The molecular formula is C10H12O3. The van der Waals surface area contributed by atoms with Gasteiger partial charge in [-0.25, -0.2) is 0 Å². The lowest BCUT2D eigenvalue weighted by atomic mass is 9.93. The number of Topliss-reactive ketones (excluding diaryl/α,β-unsaturated/α-hetero) is 1. The fourth-order valence-corrected chi connectivity index (χ4v) is 1.85. The van der Waals surface area contributed by atoms with E-state index in [1.807, 2.05) is 0 Å². The predicted molar refractivity (Wildman–Crippen MR) is 46.5 cm³/mol. The summed E-state index contributed by atoms with van der Waals surface area (Å²) < 4.78 is 4.81. The van der Waals surface area contributed by atoms with Crippen LogP contribution >= 0.6 is 0 Å². The second-order valence-corrected chi connectivity index (χ2v) is 3.58. The van der Waals surface area contributed by atoms with Gasteiger partial charge >= 0.3 is 0 Å². The van der Waals surface area contributed by atoms with Crippen molar-refractivity contribution in [3.8, 4) is 0 Å². The van der Waals surface area contributed by atoms with Crippen LogP contribution in [0.3, 0.4) is 0 Å². The molecule has 0 spiro atoms. The van der Waals surface area contributed by atoms with Crippen LogP contribution in [0.15, 0.2) is 23.0 Å². The highest BCUT2D eigenvalue weighted by Crippen LogP contribution is 2.32. The van der Waals surface area contributed by atoms with Crippen molar-refractivity contribution in [3.63, 3.8) is 0 Å². The monoisotopic (exact) mass is 180 g/mol. The zero-order valence-corrected chi connectivity index (χ0v) is 7.32. The van der Waals surface area contributed by atoms with Gasteiger partial charge in [-0.2, -0.15) is 0 Å². The second kappa shape index (κ2) is 3.00. The van der Waals surface area contributed by atoms with E-state index in [2.05, 4.69) is 0 Å². The van der Waals surface area contributed by atoms with Crippen LogP contribution in [-0.4, -0.2) is 16.5 Å². The first-order valence-electron chi connectivity index (χ1n) is 4.52. The minimum atomic E-state index is -1.12. The second-order valence-electron chi connectivity index (χ2n) is 3.58.